The standard InChI is InChI=1S/C14H19F4N/c1-9-7-10(14(16,17)18)5-6-11(9)12(15)8-19-13(2,3)4/h5-7,12,19H,8H2,1-4H3. The van der Waals surface area contributed by atoms with E-state index in [-0.39, 0.29) is 12.1 Å². The molecule has 1 aromatic rings. The van der Waals surface area contributed by atoms with Crippen molar-refractivity contribution in [3.8, 4) is 0 Å². The van der Waals surface area contributed by atoms with E-state index in [9.17, 15) is 17.6 Å². The van der Waals surface area contributed by atoms with E-state index in [1.165, 1.54) is 13.0 Å². The van der Waals surface area contributed by atoms with Crippen LogP contribution in [0.1, 0.15) is 43.6 Å². The van der Waals surface area contributed by atoms with Gasteiger partial charge in [-0.15, -0.1) is 0 Å². The molecule has 0 spiro atoms. The maximum atomic E-state index is 14.0. The van der Waals surface area contributed by atoms with Crippen LogP contribution in [0.15, 0.2) is 18.2 Å². The molecular weight excluding hydrogens is 258 g/mol. The number of rotatable bonds is 3. The summed E-state index contributed by atoms with van der Waals surface area (Å²) >= 11 is 0. The second-order valence-electron chi connectivity index (χ2n) is 5.67. The highest BCUT2D eigenvalue weighted by Gasteiger charge is 2.31. The van der Waals surface area contributed by atoms with Crippen molar-refractivity contribution < 1.29 is 17.6 Å². The molecule has 0 aliphatic carbocycles. The number of hydrogen-bond acceptors (Lipinski definition) is 1. The quantitative estimate of drug-likeness (QED) is 0.807. The summed E-state index contributed by atoms with van der Waals surface area (Å²) in [7, 11) is 0. The molecule has 5 heteroatoms. The highest BCUT2D eigenvalue weighted by Crippen LogP contribution is 2.32. The largest absolute Gasteiger partial charge is 0.416 e. The van der Waals surface area contributed by atoms with Gasteiger partial charge in [0.05, 0.1) is 5.56 Å². The first-order valence-electron chi connectivity index (χ1n) is 6.07. The third-order valence-electron chi connectivity index (χ3n) is 2.75. The minimum atomic E-state index is -4.39. The Bertz CT molecular complexity index is 432. The van der Waals surface area contributed by atoms with Crippen LogP contribution < -0.4 is 5.32 Å². The zero-order valence-corrected chi connectivity index (χ0v) is 11.5. The molecule has 1 atom stereocenters. The Morgan fingerprint density at radius 2 is 1.74 bits per heavy atom. The van der Waals surface area contributed by atoms with Crippen molar-refractivity contribution in [1.82, 2.24) is 5.32 Å². The minimum Gasteiger partial charge on any atom is -0.309 e. The minimum absolute atomic E-state index is 0.0791. The van der Waals surface area contributed by atoms with Crippen molar-refractivity contribution in [3.63, 3.8) is 0 Å². The van der Waals surface area contributed by atoms with Crippen LogP contribution in [0.5, 0.6) is 0 Å². The number of benzene rings is 1. The molecule has 1 nitrogen and oxygen atoms in total. The average Bonchev–Trinajstić information content (AvgIpc) is 2.23. The molecule has 0 aromatic heterocycles. The van der Waals surface area contributed by atoms with Crippen LogP contribution in [0.2, 0.25) is 0 Å². The van der Waals surface area contributed by atoms with E-state index < -0.39 is 17.9 Å². The summed E-state index contributed by atoms with van der Waals surface area (Å²) in [6.45, 7) is 7.28. The Kier molecular flexibility index (Phi) is 4.61. The fourth-order valence-electron chi connectivity index (χ4n) is 1.71. The van der Waals surface area contributed by atoms with Crippen molar-refractivity contribution in [1.29, 1.82) is 0 Å². The first-order valence-corrected chi connectivity index (χ1v) is 6.07. The monoisotopic (exact) mass is 277 g/mol. The van der Waals surface area contributed by atoms with Crippen LogP contribution in [0.25, 0.3) is 0 Å². The summed E-state index contributed by atoms with van der Waals surface area (Å²) in [5.74, 6) is 0. The summed E-state index contributed by atoms with van der Waals surface area (Å²) in [6, 6.07) is 3.12. The Morgan fingerprint density at radius 1 is 1.16 bits per heavy atom. The fraction of sp³-hybridized carbons (Fsp3) is 0.571. The van der Waals surface area contributed by atoms with Crippen LogP contribution >= 0.6 is 0 Å². The first kappa shape index (κ1) is 16.0. The van der Waals surface area contributed by atoms with Gasteiger partial charge in [-0.1, -0.05) is 6.07 Å². The highest BCUT2D eigenvalue weighted by molar-refractivity contribution is 5.34. The van der Waals surface area contributed by atoms with Gasteiger partial charge in [-0.05, 0) is 51.0 Å². The molecule has 1 rings (SSSR count). The molecule has 0 aliphatic heterocycles. The van der Waals surface area contributed by atoms with Crippen molar-refractivity contribution in [2.75, 3.05) is 6.54 Å². The summed E-state index contributed by atoms with van der Waals surface area (Å²) in [4.78, 5) is 0. The van der Waals surface area contributed by atoms with Crippen molar-refractivity contribution in [3.05, 3.63) is 34.9 Å². The molecule has 0 saturated carbocycles. The van der Waals surface area contributed by atoms with Gasteiger partial charge in [-0.2, -0.15) is 13.2 Å². The maximum Gasteiger partial charge on any atom is 0.416 e. The smallest absolute Gasteiger partial charge is 0.309 e. The van der Waals surface area contributed by atoms with Gasteiger partial charge in [-0.25, -0.2) is 4.39 Å². The number of alkyl halides is 4. The average molecular weight is 277 g/mol. The van der Waals surface area contributed by atoms with E-state index in [1.54, 1.807) is 0 Å². The Labute approximate surface area is 111 Å². The highest BCUT2D eigenvalue weighted by atomic mass is 19.4. The van der Waals surface area contributed by atoms with Crippen LogP contribution in [0, 0.1) is 6.92 Å². The molecule has 0 heterocycles. The Hall–Kier alpha value is -1.10. The van der Waals surface area contributed by atoms with Gasteiger partial charge in [-0.3, -0.25) is 0 Å². The lowest BCUT2D eigenvalue weighted by Gasteiger charge is -2.23. The Morgan fingerprint density at radius 3 is 2.16 bits per heavy atom. The summed E-state index contributed by atoms with van der Waals surface area (Å²) in [5, 5.41) is 2.99. The lowest BCUT2D eigenvalue weighted by Crippen LogP contribution is -2.38. The van der Waals surface area contributed by atoms with Crippen LogP contribution in [0.3, 0.4) is 0 Å². The van der Waals surface area contributed by atoms with Gasteiger partial charge in [0.1, 0.15) is 6.17 Å². The van der Waals surface area contributed by atoms with E-state index >= 15 is 0 Å². The van der Waals surface area contributed by atoms with E-state index in [0.717, 1.165) is 12.1 Å². The first-order chi connectivity index (χ1) is 8.50. The van der Waals surface area contributed by atoms with Gasteiger partial charge < -0.3 is 5.32 Å². The molecule has 1 unspecified atom stereocenters. The number of nitrogens with one attached hydrogen (secondary N) is 1. The third kappa shape index (κ3) is 4.82. The zero-order chi connectivity index (χ0) is 14.8. The molecule has 19 heavy (non-hydrogen) atoms. The maximum absolute atomic E-state index is 14.0. The van der Waals surface area contributed by atoms with Crippen LogP contribution in [-0.4, -0.2) is 12.1 Å². The molecule has 0 fully saturated rings. The van der Waals surface area contributed by atoms with Crippen LogP contribution in [0.4, 0.5) is 17.6 Å². The normalized spacial score (nSPS) is 14.5. The summed E-state index contributed by atoms with van der Waals surface area (Å²) < 4.78 is 51.5. The van der Waals surface area contributed by atoms with E-state index in [0.29, 0.717) is 11.1 Å². The lowest BCUT2D eigenvalue weighted by molar-refractivity contribution is -0.137. The summed E-state index contributed by atoms with van der Waals surface area (Å²) in [6.07, 6.45) is -5.71. The molecule has 1 aromatic carbocycles. The predicted octanol–water partition coefficient (Wildman–Crippen LogP) is 4.41. The van der Waals surface area contributed by atoms with Gasteiger partial charge in [0.2, 0.25) is 0 Å². The number of hydrogen-bond donors (Lipinski definition) is 1. The van der Waals surface area contributed by atoms with Crippen molar-refractivity contribution >= 4 is 0 Å². The van der Waals surface area contributed by atoms with E-state index in [2.05, 4.69) is 5.32 Å². The number of halogens is 4. The van der Waals surface area contributed by atoms with Crippen LogP contribution in [-0.2, 0) is 6.18 Å². The molecule has 108 valence electrons. The lowest BCUT2D eigenvalue weighted by atomic mass is 10.00. The van der Waals surface area contributed by atoms with Gasteiger partial charge in [0, 0.05) is 12.1 Å². The molecule has 0 amide bonds. The molecule has 0 saturated heterocycles. The Balaban J connectivity index is 2.85. The predicted molar refractivity (Wildman–Crippen MR) is 67.8 cm³/mol. The molecule has 0 bridgehead atoms. The summed E-state index contributed by atoms with van der Waals surface area (Å²) in [5.41, 5.74) is -0.364. The van der Waals surface area contributed by atoms with Gasteiger partial charge in [0.25, 0.3) is 0 Å². The zero-order valence-electron chi connectivity index (χ0n) is 11.5. The number of aryl methyl sites for hydroxylation is 1. The molecule has 0 radical (unpaired) electrons. The molecule has 0 aliphatic rings. The fourth-order valence-corrected chi connectivity index (χ4v) is 1.71. The van der Waals surface area contributed by atoms with Gasteiger partial charge in [0.15, 0.2) is 0 Å². The van der Waals surface area contributed by atoms with Gasteiger partial charge >= 0.3 is 6.18 Å². The van der Waals surface area contributed by atoms with Crippen molar-refractivity contribution in [2.45, 2.75) is 45.6 Å². The van der Waals surface area contributed by atoms with Crippen molar-refractivity contribution in [2.24, 2.45) is 0 Å². The third-order valence-corrected chi connectivity index (χ3v) is 2.75. The second kappa shape index (κ2) is 5.49. The topological polar surface area (TPSA) is 12.0 Å². The second-order valence-corrected chi connectivity index (χ2v) is 5.67. The molecular formula is C14H19F4N. The SMILES string of the molecule is Cc1cc(C(F)(F)F)ccc1C(F)CNC(C)(C)C. The van der Waals surface area contributed by atoms with E-state index in [1.807, 2.05) is 20.8 Å². The van der Waals surface area contributed by atoms with E-state index in [4.69, 9.17) is 0 Å². The molecule has 1 N–H and O–H groups in total.